The van der Waals surface area contributed by atoms with Crippen molar-refractivity contribution in [1.82, 2.24) is 0 Å². The highest BCUT2D eigenvalue weighted by molar-refractivity contribution is 8.14. The molecule has 1 nitrogen and oxygen atoms in total. The Balaban J connectivity index is 2.72. The van der Waals surface area contributed by atoms with Crippen LogP contribution >= 0.6 is 6.04 Å². The summed E-state index contributed by atoms with van der Waals surface area (Å²) in [4.78, 5) is 0. The summed E-state index contributed by atoms with van der Waals surface area (Å²) < 4.78 is 0. The summed E-state index contributed by atoms with van der Waals surface area (Å²) >= 11 is 5.38. The fourth-order valence-corrected chi connectivity index (χ4v) is 3.60. The Hall–Kier alpha value is 0.610. The van der Waals surface area contributed by atoms with Gasteiger partial charge < -0.3 is 5.11 Å². The zero-order valence-corrected chi connectivity index (χ0v) is 9.05. The normalized spacial score (nSPS) is 25.0. The van der Waals surface area contributed by atoms with E-state index in [2.05, 4.69) is 13.3 Å². The predicted molar refractivity (Wildman–Crippen MR) is 54.2 cm³/mol. The van der Waals surface area contributed by atoms with Crippen LogP contribution in [0.1, 0.15) is 32.1 Å². The highest BCUT2D eigenvalue weighted by Crippen LogP contribution is 2.56. The molecule has 0 unspecified atom stereocenters. The third-order valence-corrected chi connectivity index (χ3v) is 6.13. The molecule has 1 aliphatic carbocycles. The van der Waals surface area contributed by atoms with E-state index in [0.29, 0.717) is 0 Å². The van der Waals surface area contributed by atoms with Crippen LogP contribution in [0, 0.1) is 0 Å². The van der Waals surface area contributed by atoms with Gasteiger partial charge in [0.2, 0.25) is 0 Å². The monoisotopic (exact) mass is 192 g/mol. The lowest BCUT2D eigenvalue weighted by atomic mass is 9.97. The standard InChI is InChI=1S/C8H17OPS/c1-10(2,11)8(9)6-4-3-5-7-8/h9H,3-7H2,1-2H3. The van der Waals surface area contributed by atoms with E-state index in [9.17, 15) is 5.11 Å². The molecule has 66 valence electrons. The molecule has 1 N–H and O–H groups in total. The molecule has 1 saturated carbocycles. The summed E-state index contributed by atoms with van der Waals surface area (Å²) in [7, 11) is 0. The molecular weight excluding hydrogens is 175 g/mol. The summed E-state index contributed by atoms with van der Waals surface area (Å²) in [6.07, 6.45) is 5.49. The smallest absolute Gasteiger partial charge is 0.0922 e. The Bertz CT molecular complexity index is 179. The quantitative estimate of drug-likeness (QED) is 0.644. The van der Waals surface area contributed by atoms with Crippen molar-refractivity contribution in [2.45, 2.75) is 37.4 Å². The van der Waals surface area contributed by atoms with E-state index < -0.39 is 11.4 Å². The molecule has 0 heterocycles. The molecule has 0 aromatic rings. The van der Waals surface area contributed by atoms with E-state index in [-0.39, 0.29) is 0 Å². The van der Waals surface area contributed by atoms with Gasteiger partial charge in [0.15, 0.2) is 0 Å². The Kier molecular flexibility index (Phi) is 2.79. The van der Waals surface area contributed by atoms with Gasteiger partial charge in [-0.2, -0.15) is 0 Å². The van der Waals surface area contributed by atoms with Crippen LogP contribution in [0.3, 0.4) is 0 Å². The maximum absolute atomic E-state index is 10.2. The van der Waals surface area contributed by atoms with Gasteiger partial charge >= 0.3 is 0 Å². The van der Waals surface area contributed by atoms with Gasteiger partial charge in [0, 0.05) is 0 Å². The van der Waals surface area contributed by atoms with E-state index >= 15 is 0 Å². The van der Waals surface area contributed by atoms with Crippen LogP contribution in [-0.2, 0) is 11.8 Å². The van der Waals surface area contributed by atoms with Gasteiger partial charge in [-0.3, -0.25) is 0 Å². The van der Waals surface area contributed by atoms with E-state index in [1.807, 2.05) is 0 Å². The SMILES string of the molecule is CP(C)(=S)C1(O)CCCCC1. The third-order valence-electron chi connectivity index (χ3n) is 2.66. The fourth-order valence-electron chi connectivity index (χ4n) is 1.66. The van der Waals surface area contributed by atoms with Gasteiger partial charge in [-0.15, -0.1) is 0 Å². The summed E-state index contributed by atoms with van der Waals surface area (Å²) in [5, 5.41) is 9.70. The molecule has 11 heavy (non-hydrogen) atoms. The zero-order valence-electron chi connectivity index (χ0n) is 7.34. The number of aliphatic hydroxyl groups is 1. The molecule has 0 aliphatic heterocycles. The molecule has 0 spiro atoms. The van der Waals surface area contributed by atoms with E-state index in [0.717, 1.165) is 25.7 Å². The fraction of sp³-hybridized carbons (Fsp3) is 1.00. The largest absolute Gasteiger partial charge is 0.385 e. The molecule has 0 aromatic carbocycles. The van der Waals surface area contributed by atoms with E-state index in [1.165, 1.54) is 6.42 Å². The first kappa shape index (κ1) is 9.70. The van der Waals surface area contributed by atoms with Crippen LogP contribution in [0.25, 0.3) is 0 Å². The van der Waals surface area contributed by atoms with Crippen molar-refractivity contribution < 1.29 is 5.11 Å². The van der Waals surface area contributed by atoms with Crippen molar-refractivity contribution in [2.75, 3.05) is 13.3 Å². The zero-order chi connectivity index (χ0) is 8.54. The van der Waals surface area contributed by atoms with Crippen molar-refractivity contribution in [3.8, 4) is 0 Å². The Morgan fingerprint density at radius 2 is 1.64 bits per heavy atom. The minimum absolute atomic E-state index is 0.458. The molecule has 1 fully saturated rings. The molecule has 0 bridgehead atoms. The van der Waals surface area contributed by atoms with Crippen molar-refractivity contribution >= 4 is 17.8 Å². The first-order valence-corrected chi connectivity index (χ1v) is 7.93. The van der Waals surface area contributed by atoms with Gasteiger partial charge in [-0.05, 0) is 32.2 Å². The third kappa shape index (κ3) is 2.05. The molecule has 0 saturated heterocycles. The van der Waals surface area contributed by atoms with Gasteiger partial charge in [0.05, 0.1) is 5.34 Å². The maximum Gasteiger partial charge on any atom is 0.0922 e. The Morgan fingerprint density at radius 1 is 1.18 bits per heavy atom. The highest BCUT2D eigenvalue weighted by Gasteiger charge is 2.36. The first-order chi connectivity index (χ1) is 4.96. The van der Waals surface area contributed by atoms with E-state index in [4.69, 9.17) is 11.8 Å². The second-order valence-corrected chi connectivity index (χ2v) is 10.2. The lowest BCUT2D eigenvalue weighted by Crippen LogP contribution is -2.30. The van der Waals surface area contributed by atoms with Crippen LogP contribution in [0.4, 0.5) is 0 Å². The van der Waals surface area contributed by atoms with Crippen LogP contribution < -0.4 is 0 Å². The maximum atomic E-state index is 10.2. The minimum Gasteiger partial charge on any atom is -0.385 e. The van der Waals surface area contributed by atoms with Crippen molar-refractivity contribution in [3.05, 3.63) is 0 Å². The second-order valence-electron chi connectivity index (χ2n) is 3.89. The molecule has 0 atom stereocenters. The highest BCUT2D eigenvalue weighted by atomic mass is 32.4. The lowest BCUT2D eigenvalue weighted by molar-refractivity contribution is 0.0882. The van der Waals surface area contributed by atoms with Crippen molar-refractivity contribution in [3.63, 3.8) is 0 Å². The van der Waals surface area contributed by atoms with Gasteiger partial charge in [0.25, 0.3) is 0 Å². The second kappa shape index (κ2) is 3.16. The Labute approximate surface area is 74.2 Å². The molecule has 0 amide bonds. The van der Waals surface area contributed by atoms with E-state index in [1.54, 1.807) is 0 Å². The van der Waals surface area contributed by atoms with Gasteiger partial charge in [-0.1, -0.05) is 31.1 Å². The summed E-state index contributed by atoms with van der Waals surface area (Å²) in [6, 6.07) is -1.46. The molecule has 0 aromatic heterocycles. The number of hydrogen-bond acceptors (Lipinski definition) is 2. The summed E-state index contributed by atoms with van der Waals surface area (Å²) in [5.74, 6) is 0. The number of hydrogen-bond donors (Lipinski definition) is 1. The van der Waals surface area contributed by atoms with Gasteiger partial charge in [0.1, 0.15) is 0 Å². The van der Waals surface area contributed by atoms with Crippen molar-refractivity contribution in [2.24, 2.45) is 0 Å². The molecular formula is C8H17OPS. The summed E-state index contributed by atoms with van der Waals surface area (Å²) in [5.41, 5.74) is 0. The van der Waals surface area contributed by atoms with Crippen LogP contribution in [0.15, 0.2) is 0 Å². The molecule has 0 radical (unpaired) electrons. The Morgan fingerprint density at radius 3 is 1.91 bits per heavy atom. The van der Waals surface area contributed by atoms with Crippen LogP contribution in [0.2, 0.25) is 0 Å². The molecule has 3 heteroatoms. The average Bonchev–Trinajstić information content (AvgIpc) is 1.87. The average molecular weight is 192 g/mol. The minimum atomic E-state index is -1.46. The lowest BCUT2D eigenvalue weighted by Gasteiger charge is -2.38. The van der Waals surface area contributed by atoms with Crippen LogP contribution in [0.5, 0.6) is 0 Å². The number of rotatable bonds is 1. The molecule has 1 aliphatic rings. The van der Waals surface area contributed by atoms with Crippen molar-refractivity contribution in [1.29, 1.82) is 0 Å². The predicted octanol–water partition coefficient (Wildman–Crippen LogP) is 2.38. The topological polar surface area (TPSA) is 20.2 Å². The van der Waals surface area contributed by atoms with Gasteiger partial charge in [-0.25, -0.2) is 0 Å². The van der Waals surface area contributed by atoms with Crippen LogP contribution in [-0.4, -0.2) is 23.8 Å². The first-order valence-electron chi connectivity index (χ1n) is 4.23. The summed E-state index contributed by atoms with van der Waals surface area (Å²) in [6.45, 7) is 4.13. The molecule has 1 rings (SSSR count).